The standard InChI is InChI=1S/C29H38N8O6S/c1-17-25(27(39)40)44-29(31-17)34-28-32-20-6-7-37(23(38)16-36-10-8-35(2)9-11-36)15-19(20)26(33-28)30-14-18-12-21(41-3)24(43-5)22(13-18)42-4/h12-13H,6-11,14-16H2,1-5H3,(H,39,40)(H2,30,31,32,33,34). The lowest BCUT2D eigenvalue weighted by atomic mass is 10.1. The maximum Gasteiger partial charge on any atom is 0.347 e. The van der Waals surface area contributed by atoms with Crippen molar-refractivity contribution in [3.63, 3.8) is 0 Å². The summed E-state index contributed by atoms with van der Waals surface area (Å²) in [5.74, 6) is 1.47. The Bertz CT molecular complexity index is 1500. The van der Waals surface area contributed by atoms with Crippen LogP contribution < -0.4 is 24.8 Å². The number of nitrogens with zero attached hydrogens (tertiary/aromatic N) is 6. The number of amides is 1. The fourth-order valence-corrected chi connectivity index (χ4v) is 6.09. The fourth-order valence-electron chi connectivity index (χ4n) is 5.29. The number of methoxy groups -OCH3 is 3. The van der Waals surface area contributed by atoms with E-state index in [2.05, 4.69) is 32.5 Å². The van der Waals surface area contributed by atoms with Crippen LogP contribution in [-0.4, -0.2) is 114 Å². The van der Waals surface area contributed by atoms with Gasteiger partial charge in [-0.05, 0) is 31.7 Å². The van der Waals surface area contributed by atoms with Gasteiger partial charge in [0.15, 0.2) is 16.6 Å². The number of rotatable bonds is 11. The number of thiazole rings is 1. The van der Waals surface area contributed by atoms with Crippen LogP contribution >= 0.6 is 11.3 Å². The van der Waals surface area contributed by atoms with E-state index in [0.29, 0.717) is 72.4 Å². The van der Waals surface area contributed by atoms with Crippen molar-refractivity contribution in [2.24, 2.45) is 0 Å². The van der Waals surface area contributed by atoms with E-state index in [1.54, 1.807) is 28.3 Å². The summed E-state index contributed by atoms with van der Waals surface area (Å²) in [6.07, 6.45) is 0.553. The first kappa shape index (κ1) is 31.2. The zero-order valence-corrected chi connectivity index (χ0v) is 26.4. The molecule has 14 nitrogen and oxygen atoms in total. The minimum absolute atomic E-state index is 0.0810. The fraction of sp³-hybridized carbons (Fsp3) is 0.483. The largest absolute Gasteiger partial charge is 0.493 e. The highest BCUT2D eigenvalue weighted by atomic mass is 32.1. The Morgan fingerprint density at radius 2 is 1.70 bits per heavy atom. The number of hydrogen-bond donors (Lipinski definition) is 3. The second kappa shape index (κ2) is 13.6. The Balaban J connectivity index is 1.41. The molecule has 5 rings (SSSR count). The molecule has 2 aromatic heterocycles. The van der Waals surface area contributed by atoms with Crippen molar-refractivity contribution in [1.29, 1.82) is 0 Å². The van der Waals surface area contributed by atoms with E-state index < -0.39 is 5.97 Å². The number of aromatic nitrogens is 3. The first-order valence-electron chi connectivity index (χ1n) is 14.3. The molecule has 0 unspecified atom stereocenters. The SMILES string of the molecule is COc1cc(CNc2nc(Nc3nc(C)c(C(=O)O)s3)nc3c2CN(C(=O)CN2CCN(C)CC2)CC3)cc(OC)c1OC. The van der Waals surface area contributed by atoms with Crippen LogP contribution in [0.25, 0.3) is 0 Å². The van der Waals surface area contributed by atoms with Crippen LogP contribution in [0.2, 0.25) is 0 Å². The second-order valence-electron chi connectivity index (χ2n) is 10.7. The molecule has 0 saturated carbocycles. The zero-order valence-electron chi connectivity index (χ0n) is 25.6. The molecule has 2 aliphatic rings. The predicted octanol–water partition coefficient (Wildman–Crippen LogP) is 2.45. The Hall–Kier alpha value is -4.21. The molecule has 0 aliphatic carbocycles. The normalized spacial score (nSPS) is 15.4. The average Bonchev–Trinajstić information content (AvgIpc) is 3.39. The third-order valence-electron chi connectivity index (χ3n) is 7.76. The summed E-state index contributed by atoms with van der Waals surface area (Å²) in [7, 11) is 6.78. The molecule has 2 aliphatic heterocycles. The van der Waals surface area contributed by atoms with Crippen LogP contribution in [0.15, 0.2) is 12.1 Å². The number of carbonyl (C=O) groups is 2. The lowest BCUT2D eigenvalue weighted by Gasteiger charge is -2.35. The molecule has 15 heteroatoms. The Morgan fingerprint density at radius 1 is 1.00 bits per heavy atom. The molecule has 4 heterocycles. The zero-order chi connectivity index (χ0) is 31.4. The van der Waals surface area contributed by atoms with Crippen LogP contribution in [0.3, 0.4) is 0 Å². The van der Waals surface area contributed by atoms with Gasteiger partial charge in [0.05, 0.1) is 45.8 Å². The molecule has 3 aromatic rings. The number of nitrogens with one attached hydrogen (secondary N) is 2. The number of ether oxygens (including phenoxy) is 3. The average molecular weight is 627 g/mol. The monoisotopic (exact) mass is 626 g/mol. The van der Waals surface area contributed by atoms with Crippen molar-refractivity contribution < 1.29 is 28.9 Å². The number of piperazine rings is 1. The van der Waals surface area contributed by atoms with Gasteiger partial charge in [-0.1, -0.05) is 11.3 Å². The number of carboxylic acids is 1. The maximum absolute atomic E-state index is 13.3. The number of anilines is 3. The summed E-state index contributed by atoms with van der Waals surface area (Å²) < 4.78 is 16.5. The maximum atomic E-state index is 13.3. The molecule has 236 valence electrons. The van der Waals surface area contributed by atoms with Gasteiger partial charge in [0.1, 0.15) is 10.7 Å². The van der Waals surface area contributed by atoms with Gasteiger partial charge < -0.3 is 34.4 Å². The quantitative estimate of drug-likeness (QED) is 0.286. The molecule has 1 fully saturated rings. The third-order valence-corrected chi connectivity index (χ3v) is 8.82. The van der Waals surface area contributed by atoms with Gasteiger partial charge in [0.25, 0.3) is 0 Å². The number of benzene rings is 1. The lowest BCUT2D eigenvalue weighted by molar-refractivity contribution is -0.133. The van der Waals surface area contributed by atoms with Crippen LogP contribution in [-0.2, 0) is 24.3 Å². The van der Waals surface area contributed by atoms with Crippen LogP contribution in [0.5, 0.6) is 17.2 Å². The summed E-state index contributed by atoms with van der Waals surface area (Å²) in [6, 6.07) is 3.72. The first-order chi connectivity index (χ1) is 21.2. The summed E-state index contributed by atoms with van der Waals surface area (Å²) in [5.41, 5.74) is 2.92. The molecule has 0 spiro atoms. The van der Waals surface area contributed by atoms with E-state index in [1.807, 2.05) is 17.0 Å². The summed E-state index contributed by atoms with van der Waals surface area (Å²) >= 11 is 1.03. The van der Waals surface area contributed by atoms with E-state index in [-0.39, 0.29) is 10.8 Å². The number of carboxylic acid groups (broad SMARTS) is 1. The molecular formula is C29H38N8O6S. The number of likely N-dealkylation sites (N-methyl/N-ethyl adjacent to an activating group) is 1. The smallest absolute Gasteiger partial charge is 0.347 e. The number of hydrogen-bond acceptors (Lipinski definition) is 13. The second-order valence-corrected chi connectivity index (χ2v) is 11.7. The summed E-state index contributed by atoms with van der Waals surface area (Å²) in [5, 5.41) is 16.4. The van der Waals surface area contributed by atoms with E-state index in [1.165, 1.54) is 0 Å². The van der Waals surface area contributed by atoms with Crippen molar-refractivity contribution in [3.05, 3.63) is 39.5 Å². The molecule has 1 amide bonds. The molecule has 0 bridgehead atoms. The van der Waals surface area contributed by atoms with Gasteiger partial charge in [-0.25, -0.2) is 14.8 Å². The van der Waals surface area contributed by atoms with E-state index in [0.717, 1.165) is 54.3 Å². The first-order valence-corrected chi connectivity index (χ1v) is 15.1. The van der Waals surface area contributed by atoms with Crippen molar-refractivity contribution in [2.75, 3.05) is 78.3 Å². The number of aromatic carboxylic acids is 1. The van der Waals surface area contributed by atoms with Gasteiger partial charge in [0, 0.05) is 51.3 Å². The number of fused-ring (bicyclic) bond motifs is 1. The van der Waals surface area contributed by atoms with Gasteiger partial charge in [0.2, 0.25) is 17.6 Å². The predicted molar refractivity (Wildman–Crippen MR) is 166 cm³/mol. The Morgan fingerprint density at radius 3 is 2.32 bits per heavy atom. The molecule has 0 radical (unpaired) electrons. The van der Waals surface area contributed by atoms with Crippen LogP contribution in [0, 0.1) is 6.92 Å². The van der Waals surface area contributed by atoms with Crippen molar-refractivity contribution in [1.82, 2.24) is 29.7 Å². The Kier molecular flexibility index (Phi) is 9.66. The van der Waals surface area contributed by atoms with Gasteiger partial charge >= 0.3 is 5.97 Å². The lowest BCUT2D eigenvalue weighted by Crippen LogP contribution is -2.49. The van der Waals surface area contributed by atoms with Gasteiger partial charge in [-0.3, -0.25) is 15.0 Å². The highest BCUT2D eigenvalue weighted by Gasteiger charge is 2.28. The summed E-state index contributed by atoms with van der Waals surface area (Å²) in [6.45, 7) is 6.95. The highest BCUT2D eigenvalue weighted by molar-refractivity contribution is 7.17. The molecule has 1 aromatic carbocycles. The third kappa shape index (κ3) is 6.95. The number of aryl methyl sites for hydroxylation is 1. The molecule has 0 atom stereocenters. The van der Waals surface area contributed by atoms with Crippen LogP contribution in [0.4, 0.5) is 16.9 Å². The van der Waals surface area contributed by atoms with Crippen LogP contribution in [0.1, 0.15) is 32.2 Å². The van der Waals surface area contributed by atoms with Gasteiger partial charge in [-0.15, -0.1) is 0 Å². The topological polar surface area (TPSA) is 155 Å². The summed E-state index contributed by atoms with van der Waals surface area (Å²) in [4.78, 5) is 45.2. The van der Waals surface area contributed by atoms with E-state index in [9.17, 15) is 14.7 Å². The highest BCUT2D eigenvalue weighted by Crippen LogP contribution is 2.38. The minimum Gasteiger partial charge on any atom is -0.493 e. The van der Waals surface area contributed by atoms with E-state index in [4.69, 9.17) is 24.2 Å². The molecule has 1 saturated heterocycles. The Labute approximate surface area is 260 Å². The minimum atomic E-state index is -1.03. The molecule has 44 heavy (non-hydrogen) atoms. The van der Waals surface area contributed by atoms with E-state index >= 15 is 0 Å². The van der Waals surface area contributed by atoms with Gasteiger partial charge in [-0.2, -0.15) is 4.98 Å². The van der Waals surface area contributed by atoms with Crippen molar-refractivity contribution in [3.8, 4) is 17.2 Å². The number of carbonyl (C=O) groups excluding carboxylic acids is 1. The molecular weight excluding hydrogens is 588 g/mol. The van der Waals surface area contributed by atoms with Crippen molar-refractivity contribution in [2.45, 2.75) is 26.4 Å². The molecule has 3 N–H and O–H groups in total. The van der Waals surface area contributed by atoms with Crippen molar-refractivity contribution >= 4 is 40.1 Å².